The Bertz CT molecular complexity index is 332. The zero-order chi connectivity index (χ0) is 15.2. The maximum absolute atomic E-state index is 5.78. The van der Waals surface area contributed by atoms with E-state index >= 15 is 0 Å². The summed E-state index contributed by atoms with van der Waals surface area (Å²) in [6.45, 7) is 5.30. The molecule has 2 heteroatoms. The zero-order valence-electron chi connectivity index (χ0n) is 14.2. The summed E-state index contributed by atoms with van der Waals surface area (Å²) in [7, 11) is 0. The van der Waals surface area contributed by atoms with Gasteiger partial charge in [0.2, 0.25) is 0 Å². The predicted molar refractivity (Wildman–Crippen MR) is 95.6 cm³/mol. The van der Waals surface area contributed by atoms with Crippen molar-refractivity contribution in [1.82, 2.24) is 0 Å². The fourth-order valence-corrected chi connectivity index (χ4v) is 3.29. The van der Waals surface area contributed by atoms with Crippen molar-refractivity contribution in [1.29, 1.82) is 0 Å². The van der Waals surface area contributed by atoms with Gasteiger partial charge in [0.05, 0.1) is 6.61 Å². The van der Waals surface area contributed by atoms with Crippen LogP contribution in [0.25, 0.3) is 0 Å². The molecule has 0 aromatic carbocycles. The normalized spacial score (nSPS) is 11.0. The van der Waals surface area contributed by atoms with Gasteiger partial charge in [-0.1, -0.05) is 77.6 Å². The van der Waals surface area contributed by atoms with Crippen molar-refractivity contribution in [2.75, 3.05) is 6.61 Å². The lowest BCUT2D eigenvalue weighted by molar-refractivity contribution is 0.304. The SMILES string of the molecule is CCCCCCCCCCCCCCOc1ccsc1C. The number of aryl methyl sites for hydroxylation is 1. The molecule has 0 saturated heterocycles. The van der Waals surface area contributed by atoms with Crippen LogP contribution in [0.5, 0.6) is 5.75 Å². The van der Waals surface area contributed by atoms with Crippen molar-refractivity contribution in [2.45, 2.75) is 90.9 Å². The summed E-state index contributed by atoms with van der Waals surface area (Å²) < 4.78 is 5.78. The van der Waals surface area contributed by atoms with Crippen LogP contribution in [-0.4, -0.2) is 6.61 Å². The number of hydrogen-bond donors (Lipinski definition) is 0. The van der Waals surface area contributed by atoms with Gasteiger partial charge in [-0.3, -0.25) is 0 Å². The Morgan fingerprint density at radius 2 is 1.33 bits per heavy atom. The van der Waals surface area contributed by atoms with Crippen molar-refractivity contribution in [2.24, 2.45) is 0 Å². The third-order valence-electron chi connectivity index (χ3n) is 4.07. The highest BCUT2D eigenvalue weighted by Crippen LogP contribution is 2.23. The van der Waals surface area contributed by atoms with Gasteiger partial charge in [0, 0.05) is 4.88 Å². The predicted octanol–water partition coefficient (Wildman–Crippen LogP) is 7.14. The Kier molecular flexibility index (Phi) is 11.6. The molecule has 1 aromatic rings. The first-order valence-corrected chi connectivity index (χ1v) is 9.89. The van der Waals surface area contributed by atoms with Crippen molar-refractivity contribution >= 4 is 11.3 Å². The smallest absolute Gasteiger partial charge is 0.132 e. The third kappa shape index (κ3) is 9.95. The second-order valence-corrected chi connectivity index (χ2v) is 7.20. The Balaban J connectivity index is 1.76. The molecule has 0 unspecified atom stereocenters. The molecule has 0 aliphatic heterocycles. The summed E-state index contributed by atoms with van der Waals surface area (Å²) in [5.41, 5.74) is 0. The van der Waals surface area contributed by atoms with Crippen molar-refractivity contribution in [3.63, 3.8) is 0 Å². The highest BCUT2D eigenvalue weighted by molar-refractivity contribution is 7.10. The fourth-order valence-electron chi connectivity index (χ4n) is 2.65. The lowest BCUT2D eigenvalue weighted by atomic mass is 10.1. The van der Waals surface area contributed by atoms with Gasteiger partial charge in [-0.25, -0.2) is 0 Å². The summed E-state index contributed by atoms with van der Waals surface area (Å²) in [5, 5.41) is 2.10. The molecular weight excluding hydrogens is 276 g/mol. The first-order chi connectivity index (χ1) is 10.3. The number of rotatable bonds is 14. The van der Waals surface area contributed by atoms with Crippen molar-refractivity contribution in [3.8, 4) is 5.75 Å². The molecule has 122 valence electrons. The average molecular weight is 311 g/mol. The Morgan fingerprint density at radius 3 is 1.81 bits per heavy atom. The maximum Gasteiger partial charge on any atom is 0.132 e. The molecule has 0 aliphatic rings. The van der Waals surface area contributed by atoms with Crippen LogP contribution in [0, 0.1) is 6.92 Å². The molecule has 0 amide bonds. The molecular formula is C19H34OS. The van der Waals surface area contributed by atoms with Gasteiger partial charge >= 0.3 is 0 Å². The summed E-state index contributed by atoms with van der Waals surface area (Å²) >= 11 is 1.76. The Morgan fingerprint density at radius 1 is 0.810 bits per heavy atom. The zero-order valence-corrected chi connectivity index (χ0v) is 15.0. The van der Waals surface area contributed by atoms with Crippen LogP contribution in [0.15, 0.2) is 11.4 Å². The van der Waals surface area contributed by atoms with Crippen molar-refractivity contribution < 1.29 is 4.74 Å². The van der Waals surface area contributed by atoms with Crippen LogP contribution in [0.4, 0.5) is 0 Å². The molecule has 1 nitrogen and oxygen atoms in total. The molecule has 0 saturated carbocycles. The lowest BCUT2D eigenvalue weighted by Gasteiger charge is -2.05. The summed E-state index contributed by atoms with van der Waals surface area (Å²) in [6.07, 6.45) is 16.8. The van der Waals surface area contributed by atoms with E-state index in [9.17, 15) is 0 Å². The molecule has 1 rings (SSSR count). The third-order valence-corrected chi connectivity index (χ3v) is 4.89. The second-order valence-electron chi connectivity index (χ2n) is 6.08. The van der Waals surface area contributed by atoms with Gasteiger partial charge in [-0.15, -0.1) is 11.3 Å². The monoisotopic (exact) mass is 310 g/mol. The molecule has 21 heavy (non-hydrogen) atoms. The Labute approximate surface area is 136 Å². The lowest BCUT2D eigenvalue weighted by Crippen LogP contribution is -1.97. The van der Waals surface area contributed by atoms with Crippen LogP contribution in [0.2, 0.25) is 0 Å². The van der Waals surface area contributed by atoms with Gasteiger partial charge < -0.3 is 4.74 Å². The topological polar surface area (TPSA) is 9.23 Å². The van der Waals surface area contributed by atoms with Crippen LogP contribution in [-0.2, 0) is 0 Å². The molecule has 0 aliphatic carbocycles. The molecule has 0 radical (unpaired) electrons. The molecule has 1 aromatic heterocycles. The summed E-state index contributed by atoms with van der Waals surface area (Å²) in [6, 6.07) is 2.08. The highest BCUT2D eigenvalue weighted by atomic mass is 32.1. The summed E-state index contributed by atoms with van der Waals surface area (Å²) in [5.74, 6) is 1.09. The molecule has 0 atom stereocenters. The minimum absolute atomic E-state index is 0.884. The largest absolute Gasteiger partial charge is 0.492 e. The van der Waals surface area contributed by atoms with E-state index in [0.717, 1.165) is 12.4 Å². The quantitative estimate of drug-likeness (QED) is 0.332. The average Bonchev–Trinajstić information content (AvgIpc) is 2.89. The van der Waals surface area contributed by atoms with E-state index in [0.29, 0.717) is 0 Å². The van der Waals surface area contributed by atoms with E-state index in [2.05, 4.69) is 25.3 Å². The molecule has 0 N–H and O–H groups in total. The summed E-state index contributed by atoms with van der Waals surface area (Å²) in [4.78, 5) is 1.30. The highest BCUT2D eigenvalue weighted by Gasteiger charge is 1.99. The van der Waals surface area contributed by atoms with Gasteiger partial charge in [-0.05, 0) is 24.8 Å². The van der Waals surface area contributed by atoms with Crippen LogP contribution < -0.4 is 4.74 Å². The number of hydrogen-bond acceptors (Lipinski definition) is 2. The van der Waals surface area contributed by atoms with E-state index in [4.69, 9.17) is 4.74 Å². The molecule has 0 fully saturated rings. The number of unbranched alkanes of at least 4 members (excludes halogenated alkanes) is 11. The molecule has 0 bridgehead atoms. The minimum atomic E-state index is 0.884. The standard InChI is InChI=1S/C19H34OS/c1-3-4-5-6-7-8-9-10-11-12-13-14-16-20-19-15-17-21-18(19)2/h15,17H,3-14,16H2,1-2H3. The molecule has 0 spiro atoms. The van der Waals surface area contributed by atoms with Crippen molar-refractivity contribution in [3.05, 3.63) is 16.3 Å². The van der Waals surface area contributed by atoms with Crippen LogP contribution in [0.1, 0.15) is 88.9 Å². The fraction of sp³-hybridized carbons (Fsp3) is 0.789. The first kappa shape index (κ1) is 18.5. The number of ether oxygens (including phenoxy) is 1. The van der Waals surface area contributed by atoms with E-state index in [1.54, 1.807) is 11.3 Å². The minimum Gasteiger partial charge on any atom is -0.492 e. The maximum atomic E-state index is 5.78. The Hall–Kier alpha value is -0.500. The second kappa shape index (κ2) is 13.2. The number of thiophene rings is 1. The van der Waals surface area contributed by atoms with Gasteiger partial charge in [-0.2, -0.15) is 0 Å². The first-order valence-electron chi connectivity index (χ1n) is 9.01. The van der Waals surface area contributed by atoms with Crippen LogP contribution >= 0.6 is 11.3 Å². The van der Waals surface area contributed by atoms with Gasteiger partial charge in [0.25, 0.3) is 0 Å². The van der Waals surface area contributed by atoms with Gasteiger partial charge in [0.1, 0.15) is 5.75 Å². The van der Waals surface area contributed by atoms with Crippen LogP contribution in [0.3, 0.4) is 0 Å². The van der Waals surface area contributed by atoms with E-state index < -0.39 is 0 Å². The van der Waals surface area contributed by atoms with Gasteiger partial charge in [0.15, 0.2) is 0 Å². The van der Waals surface area contributed by atoms with E-state index in [1.165, 1.54) is 81.9 Å². The van der Waals surface area contributed by atoms with E-state index in [1.807, 2.05) is 0 Å². The molecule has 1 heterocycles. The van der Waals surface area contributed by atoms with E-state index in [-0.39, 0.29) is 0 Å².